The molecule has 10 heteroatoms. The monoisotopic (exact) mass is 589 g/mol. The largest absolute Gasteiger partial charge is 0.382 e. The van der Waals surface area contributed by atoms with Gasteiger partial charge in [0.05, 0.1) is 11.1 Å². The minimum Gasteiger partial charge on any atom is -0.382 e. The normalized spacial score (nSPS) is 23.5. The van der Waals surface area contributed by atoms with E-state index >= 15 is 0 Å². The van der Waals surface area contributed by atoms with Gasteiger partial charge in [-0.05, 0) is 89.1 Å². The lowest BCUT2D eigenvalue weighted by Crippen LogP contribution is -2.50. The second kappa shape index (κ2) is 13.3. The van der Waals surface area contributed by atoms with Crippen LogP contribution in [0.15, 0.2) is 36.5 Å². The number of anilines is 2. The first-order valence-corrected chi connectivity index (χ1v) is 16.0. The lowest BCUT2D eigenvalue weighted by atomic mass is 9.96. The van der Waals surface area contributed by atoms with Crippen LogP contribution in [-0.4, -0.2) is 76.9 Å². The third-order valence-corrected chi connectivity index (χ3v) is 9.52. The van der Waals surface area contributed by atoms with Crippen molar-refractivity contribution < 1.29 is 14.4 Å². The van der Waals surface area contributed by atoms with Gasteiger partial charge in [-0.15, -0.1) is 0 Å². The molecular weight excluding hydrogens is 542 g/mol. The van der Waals surface area contributed by atoms with Gasteiger partial charge in [0.1, 0.15) is 5.82 Å². The molecule has 2 aromatic rings. The van der Waals surface area contributed by atoms with Crippen LogP contribution >= 0.6 is 0 Å². The molecule has 1 unspecified atom stereocenters. The number of carbonyl (C=O) groups is 3. The number of nitrogens with one attached hydrogen (secondary N) is 3. The van der Waals surface area contributed by atoms with Crippen molar-refractivity contribution in [1.82, 2.24) is 20.5 Å². The smallest absolute Gasteiger partial charge is 0.253 e. The zero-order valence-electron chi connectivity index (χ0n) is 25.9. The molecule has 5 rings (SSSR count). The van der Waals surface area contributed by atoms with Crippen LogP contribution in [0.3, 0.4) is 0 Å². The first-order chi connectivity index (χ1) is 20.7. The summed E-state index contributed by atoms with van der Waals surface area (Å²) >= 11 is 0. The maximum Gasteiger partial charge on any atom is 0.253 e. The predicted octanol–water partition coefficient (Wildman–Crippen LogP) is 3.92. The molecule has 0 spiro atoms. The van der Waals surface area contributed by atoms with Gasteiger partial charge in [0.15, 0.2) is 0 Å². The van der Waals surface area contributed by atoms with E-state index in [1.807, 2.05) is 12.1 Å². The van der Waals surface area contributed by atoms with Crippen molar-refractivity contribution in [3.8, 4) is 0 Å². The molecule has 3 aliphatic heterocycles. The van der Waals surface area contributed by atoms with Crippen molar-refractivity contribution in [1.29, 1.82) is 0 Å². The fourth-order valence-electron chi connectivity index (χ4n) is 6.99. The Labute approximate surface area is 255 Å². The van der Waals surface area contributed by atoms with Crippen LogP contribution in [0.4, 0.5) is 11.5 Å². The van der Waals surface area contributed by atoms with Crippen molar-refractivity contribution in [2.75, 3.05) is 23.3 Å². The fraction of sp³-hybridized carbons (Fsp3) is 0.576. The van der Waals surface area contributed by atoms with Gasteiger partial charge in [0, 0.05) is 66.8 Å². The van der Waals surface area contributed by atoms with Crippen LogP contribution in [0.25, 0.3) is 0 Å². The zero-order valence-corrected chi connectivity index (χ0v) is 25.9. The molecule has 0 saturated carbocycles. The van der Waals surface area contributed by atoms with Crippen LogP contribution in [-0.2, 0) is 0 Å². The standard InChI is InChI=1S/C33H47N7O3/c1-5-23(6-2)36-29-15-21(7-11-28(29)31(34)41)32(42)38-25-16-26-9-10-27(17-25)40(26)30-12-8-22(18-35-30)33(43)37-24-13-14-39(19-24)20(3)4/h7-8,11-12,15,18,20,23-27,36H,5-6,9-10,13-14,16-17,19H2,1-4H3,(H2,34,41)(H,37,43)(H,38,42)/t24-,25?,26-,27+/m1/s1. The van der Waals surface area contributed by atoms with E-state index in [2.05, 4.69) is 53.4 Å². The van der Waals surface area contributed by atoms with Gasteiger partial charge >= 0.3 is 0 Å². The number of likely N-dealkylation sites (tertiary alicyclic amines) is 1. The quantitative estimate of drug-likeness (QED) is 0.312. The Balaban J connectivity index is 1.19. The average Bonchev–Trinajstić information content (AvgIpc) is 3.57. The fourth-order valence-corrected chi connectivity index (χ4v) is 6.99. The SMILES string of the molecule is CCC(CC)Nc1cc(C(=O)NC2C[C@H]3CC[C@@H](C2)N3c2ccc(C(=O)N[C@@H]3CCN(C(C)C)C3)cn2)ccc1C(N)=O. The van der Waals surface area contributed by atoms with Gasteiger partial charge in [-0.2, -0.15) is 0 Å². The molecule has 2 bridgehead atoms. The third-order valence-electron chi connectivity index (χ3n) is 9.52. The van der Waals surface area contributed by atoms with Crippen LogP contribution in [0, 0.1) is 0 Å². The Kier molecular flexibility index (Phi) is 9.54. The van der Waals surface area contributed by atoms with E-state index in [1.165, 1.54) is 0 Å². The summed E-state index contributed by atoms with van der Waals surface area (Å²) in [7, 11) is 0. The average molecular weight is 590 g/mol. The number of nitrogens with zero attached hydrogens (tertiary/aromatic N) is 3. The number of fused-ring (bicyclic) bond motifs is 2. The Morgan fingerprint density at radius 2 is 1.58 bits per heavy atom. The number of carbonyl (C=O) groups excluding carboxylic acids is 3. The summed E-state index contributed by atoms with van der Waals surface area (Å²) in [6, 6.07) is 10.4. The lowest BCUT2D eigenvalue weighted by Gasteiger charge is -2.40. The molecule has 0 radical (unpaired) electrons. The van der Waals surface area contributed by atoms with Crippen molar-refractivity contribution in [3.05, 3.63) is 53.2 Å². The maximum atomic E-state index is 13.3. The summed E-state index contributed by atoms with van der Waals surface area (Å²) in [6.07, 6.45) is 8.22. The molecule has 5 N–H and O–H groups in total. The molecule has 4 atom stereocenters. The van der Waals surface area contributed by atoms with Crippen LogP contribution < -0.4 is 26.6 Å². The van der Waals surface area contributed by atoms with E-state index in [9.17, 15) is 14.4 Å². The second-order valence-corrected chi connectivity index (χ2v) is 12.7. The van der Waals surface area contributed by atoms with Crippen molar-refractivity contribution in [2.24, 2.45) is 5.73 Å². The molecular formula is C33H47N7O3. The van der Waals surface area contributed by atoms with E-state index in [4.69, 9.17) is 10.7 Å². The number of primary amides is 1. The van der Waals surface area contributed by atoms with E-state index < -0.39 is 5.91 Å². The number of hydrogen-bond donors (Lipinski definition) is 4. The number of benzene rings is 1. The van der Waals surface area contributed by atoms with E-state index in [0.29, 0.717) is 28.4 Å². The molecule has 43 heavy (non-hydrogen) atoms. The van der Waals surface area contributed by atoms with Gasteiger partial charge in [-0.1, -0.05) is 13.8 Å². The lowest BCUT2D eigenvalue weighted by molar-refractivity contribution is 0.0922. The second-order valence-electron chi connectivity index (χ2n) is 12.7. The number of amides is 3. The summed E-state index contributed by atoms with van der Waals surface area (Å²) in [5.41, 5.74) is 7.70. The van der Waals surface area contributed by atoms with Crippen LogP contribution in [0.5, 0.6) is 0 Å². The number of nitrogens with two attached hydrogens (primary N) is 1. The highest BCUT2D eigenvalue weighted by molar-refractivity contribution is 6.02. The first-order valence-electron chi connectivity index (χ1n) is 16.0. The van der Waals surface area contributed by atoms with Crippen molar-refractivity contribution in [3.63, 3.8) is 0 Å². The molecule has 4 heterocycles. The van der Waals surface area contributed by atoms with Gasteiger partial charge < -0.3 is 26.6 Å². The molecule has 3 aliphatic rings. The number of pyridine rings is 1. The van der Waals surface area contributed by atoms with E-state index in [-0.39, 0.29) is 42.0 Å². The Hall–Kier alpha value is -3.66. The predicted molar refractivity (Wildman–Crippen MR) is 170 cm³/mol. The number of piperidine rings is 1. The van der Waals surface area contributed by atoms with Crippen molar-refractivity contribution >= 4 is 29.2 Å². The van der Waals surface area contributed by atoms with Gasteiger partial charge in [0.2, 0.25) is 0 Å². The molecule has 3 amide bonds. The summed E-state index contributed by atoms with van der Waals surface area (Å²) < 4.78 is 0. The summed E-state index contributed by atoms with van der Waals surface area (Å²) in [6.45, 7) is 10.4. The minimum absolute atomic E-state index is 0.0503. The third kappa shape index (κ3) is 6.95. The molecule has 0 aliphatic carbocycles. The Morgan fingerprint density at radius 1 is 0.930 bits per heavy atom. The topological polar surface area (TPSA) is 133 Å². The van der Waals surface area contributed by atoms with Crippen LogP contribution in [0.2, 0.25) is 0 Å². The number of rotatable bonds is 11. The molecule has 10 nitrogen and oxygen atoms in total. The van der Waals surface area contributed by atoms with Gasteiger partial charge in [-0.3, -0.25) is 19.3 Å². The number of hydrogen-bond acceptors (Lipinski definition) is 7. The molecule has 3 saturated heterocycles. The number of aromatic nitrogens is 1. The van der Waals surface area contributed by atoms with E-state index in [0.717, 1.165) is 63.9 Å². The maximum absolute atomic E-state index is 13.3. The molecule has 1 aromatic carbocycles. The summed E-state index contributed by atoms with van der Waals surface area (Å²) in [5.74, 6) is 0.160. The molecule has 1 aromatic heterocycles. The van der Waals surface area contributed by atoms with E-state index in [1.54, 1.807) is 24.4 Å². The molecule has 232 valence electrons. The summed E-state index contributed by atoms with van der Waals surface area (Å²) in [4.78, 5) is 47.7. The highest BCUT2D eigenvalue weighted by Crippen LogP contribution is 2.38. The first kappa shape index (κ1) is 30.8. The highest BCUT2D eigenvalue weighted by atomic mass is 16.2. The highest BCUT2D eigenvalue weighted by Gasteiger charge is 2.42. The Bertz CT molecular complexity index is 1300. The van der Waals surface area contributed by atoms with Crippen LogP contribution in [0.1, 0.15) is 104 Å². The van der Waals surface area contributed by atoms with Gasteiger partial charge in [0.25, 0.3) is 17.7 Å². The van der Waals surface area contributed by atoms with Gasteiger partial charge in [-0.25, -0.2) is 4.98 Å². The zero-order chi connectivity index (χ0) is 30.7. The summed E-state index contributed by atoms with van der Waals surface area (Å²) in [5, 5.41) is 9.81. The Morgan fingerprint density at radius 3 is 2.16 bits per heavy atom. The molecule has 3 fully saturated rings. The minimum atomic E-state index is -0.515. The van der Waals surface area contributed by atoms with Crippen molar-refractivity contribution in [2.45, 2.75) is 109 Å².